The van der Waals surface area contributed by atoms with Gasteiger partial charge in [-0.05, 0) is 18.6 Å². The maximum Gasteiger partial charge on any atom is 0.339 e. The van der Waals surface area contributed by atoms with E-state index < -0.39 is 27.9 Å². The Morgan fingerprint density at radius 3 is 2.62 bits per heavy atom. The predicted molar refractivity (Wildman–Crippen MR) is 77.0 cm³/mol. The van der Waals surface area contributed by atoms with Crippen LogP contribution in [0.2, 0.25) is 0 Å². The number of carbonyl (C=O) groups is 2. The van der Waals surface area contributed by atoms with Crippen LogP contribution in [-0.4, -0.2) is 45.1 Å². The molecule has 8 heteroatoms. The van der Waals surface area contributed by atoms with E-state index in [4.69, 9.17) is 0 Å². The number of urea groups is 1. The third-order valence-electron chi connectivity index (χ3n) is 3.15. The molecule has 1 unspecified atom stereocenters. The van der Waals surface area contributed by atoms with E-state index in [-0.39, 0.29) is 17.1 Å². The molecule has 2 N–H and O–H groups in total. The van der Waals surface area contributed by atoms with E-state index in [1.807, 2.05) is 0 Å². The van der Waals surface area contributed by atoms with E-state index >= 15 is 0 Å². The molecule has 1 aromatic rings. The lowest BCUT2D eigenvalue weighted by atomic mass is 10.2. The average Bonchev–Trinajstić information content (AvgIpc) is 2.77. The summed E-state index contributed by atoms with van der Waals surface area (Å²) in [6, 6.07) is 5.47. The minimum Gasteiger partial charge on any atom is -0.465 e. The highest BCUT2D eigenvalue weighted by molar-refractivity contribution is 7.91. The van der Waals surface area contributed by atoms with Crippen LogP contribution in [0.25, 0.3) is 0 Å². The number of ether oxygens (including phenoxy) is 1. The van der Waals surface area contributed by atoms with Crippen LogP contribution in [0.1, 0.15) is 16.8 Å². The molecule has 0 aromatic heterocycles. The first kappa shape index (κ1) is 15.3. The van der Waals surface area contributed by atoms with Gasteiger partial charge in [-0.1, -0.05) is 12.1 Å². The quantitative estimate of drug-likeness (QED) is 0.803. The lowest BCUT2D eigenvalue weighted by Crippen LogP contribution is -2.38. The second kappa shape index (κ2) is 6.13. The van der Waals surface area contributed by atoms with E-state index in [9.17, 15) is 18.0 Å². The summed E-state index contributed by atoms with van der Waals surface area (Å²) in [7, 11) is -1.80. The number of methoxy groups -OCH3 is 1. The molecule has 1 heterocycles. The lowest BCUT2D eigenvalue weighted by molar-refractivity contribution is 0.0602. The topological polar surface area (TPSA) is 102 Å². The maximum absolute atomic E-state index is 11.9. The van der Waals surface area contributed by atoms with Crippen molar-refractivity contribution in [3.63, 3.8) is 0 Å². The van der Waals surface area contributed by atoms with Crippen molar-refractivity contribution in [2.24, 2.45) is 0 Å². The summed E-state index contributed by atoms with van der Waals surface area (Å²) in [5.74, 6) is -0.537. The number of nitrogens with one attached hydrogen (secondary N) is 2. The van der Waals surface area contributed by atoms with Gasteiger partial charge in [0, 0.05) is 6.04 Å². The van der Waals surface area contributed by atoms with Gasteiger partial charge in [0.2, 0.25) is 0 Å². The van der Waals surface area contributed by atoms with Gasteiger partial charge in [-0.2, -0.15) is 0 Å². The molecule has 1 aliphatic rings. The summed E-state index contributed by atoms with van der Waals surface area (Å²) in [6.07, 6.45) is 0.397. The fourth-order valence-corrected chi connectivity index (χ4v) is 3.81. The Balaban J connectivity index is 2.02. The van der Waals surface area contributed by atoms with E-state index in [0.717, 1.165) is 0 Å². The number of hydrogen-bond donors (Lipinski definition) is 2. The molecule has 114 valence electrons. The molecule has 2 rings (SSSR count). The highest BCUT2D eigenvalue weighted by Gasteiger charge is 2.29. The smallest absolute Gasteiger partial charge is 0.339 e. The van der Waals surface area contributed by atoms with E-state index in [2.05, 4.69) is 15.4 Å². The Kier molecular flexibility index (Phi) is 4.46. The van der Waals surface area contributed by atoms with Crippen LogP contribution >= 0.6 is 0 Å². The van der Waals surface area contributed by atoms with Crippen LogP contribution in [0, 0.1) is 0 Å². The van der Waals surface area contributed by atoms with Gasteiger partial charge in [0.15, 0.2) is 9.84 Å². The standard InChI is InChI=1S/C13H16N2O5S/c1-20-12(16)10-4-2-3-5-11(10)15-13(17)14-9-6-7-21(18,19)8-9/h2-5,9H,6-8H2,1H3,(H2,14,15,17). The molecule has 2 amide bonds. The molecule has 1 fully saturated rings. The minimum atomic E-state index is -3.06. The lowest BCUT2D eigenvalue weighted by Gasteiger charge is -2.13. The third kappa shape index (κ3) is 3.94. The number of carbonyl (C=O) groups excluding carboxylic acids is 2. The zero-order chi connectivity index (χ0) is 15.5. The summed E-state index contributed by atoms with van der Waals surface area (Å²) < 4.78 is 27.3. The maximum atomic E-state index is 11.9. The van der Waals surface area contributed by atoms with Crippen LogP contribution in [0.4, 0.5) is 10.5 Å². The largest absolute Gasteiger partial charge is 0.465 e. The van der Waals surface area contributed by atoms with Crippen molar-refractivity contribution in [2.75, 3.05) is 23.9 Å². The minimum absolute atomic E-state index is 0.0565. The van der Waals surface area contributed by atoms with Gasteiger partial charge in [-0.25, -0.2) is 18.0 Å². The number of para-hydroxylation sites is 1. The van der Waals surface area contributed by atoms with Gasteiger partial charge in [0.25, 0.3) is 0 Å². The Bertz CT molecular complexity index is 656. The number of rotatable bonds is 3. The van der Waals surface area contributed by atoms with Crippen molar-refractivity contribution in [1.82, 2.24) is 5.32 Å². The average molecular weight is 312 g/mol. The first-order valence-corrected chi connectivity index (χ1v) is 8.19. The Hall–Kier alpha value is -2.09. The predicted octanol–water partition coefficient (Wildman–Crippen LogP) is 0.782. The Morgan fingerprint density at radius 1 is 1.29 bits per heavy atom. The van der Waals surface area contributed by atoms with Gasteiger partial charge in [0.05, 0.1) is 29.9 Å². The zero-order valence-corrected chi connectivity index (χ0v) is 12.3. The van der Waals surface area contributed by atoms with Crippen molar-refractivity contribution < 1.29 is 22.7 Å². The summed E-state index contributed by atoms with van der Waals surface area (Å²) in [5, 5.41) is 5.12. The van der Waals surface area contributed by atoms with E-state index in [1.54, 1.807) is 18.2 Å². The van der Waals surface area contributed by atoms with Crippen molar-refractivity contribution in [2.45, 2.75) is 12.5 Å². The molecule has 0 bridgehead atoms. The number of amides is 2. The number of benzene rings is 1. The van der Waals surface area contributed by atoms with Crippen LogP contribution in [-0.2, 0) is 14.6 Å². The molecule has 0 radical (unpaired) electrons. The van der Waals surface area contributed by atoms with Crippen LogP contribution in [0.15, 0.2) is 24.3 Å². The van der Waals surface area contributed by atoms with Crippen molar-refractivity contribution in [3.05, 3.63) is 29.8 Å². The van der Waals surface area contributed by atoms with Crippen molar-refractivity contribution in [1.29, 1.82) is 0 Å². The fraction of sp³-hybridized carbons (Fsp3) is 0.385. The molecule has 0 saturated carbocycles. The Labute approximate surface area is 122 Å². The summed E-state index contributed by atoms with van der Waals surface area (Å²) in [6.45, 7) is 0. The highest BCUT2D eigenvalue weighted by Crippen LogP contribution is 2.16. The third-order valence-corrected chi connectivity index (χ3v) is 4.92. The summed E-state index contributed by atoms with van der Waals surface area (Å²) >= 11 is 0. The molecule has 1 aromatic carbocycles. The van der Waals surface area contributed by atoms with E-state index in [1.165, 1.54) is 13.2 Å². The van der Waals surface area contributed by atoms with Gasteiger partial charge in [-0.15, -0.1) is 0 Å². The molecule has 1 aliphatic heterocycles. The first-order valence-electron chi connectivity index (χ1n) is 6.36. The monoisotopic (exact) mass is 312 g/mol. The number of hydrogen-bond acceptors (Lipinski definition) is 5. The van der Waals surface area contributed by atoms with Gasteiger partial charge >= 0.3 is 12.0 Å². The van der Waals surface area contributed by atoms with E-state index in [0.29, 0.717) is 12.1 Å². The molecule has 21 heavy (non-hydrogen) atoms. The second-order valence-electron chi connectivity index (χ2n) is 4.74. The van der Waals surface area contributed by atoms with Crippen LogP contribution in [0.3, 0.4) is 0 Å². The highest BCUT2D eigenvalue weighted by atomic mass is 32.2. The van der Waals surface area contributed by atoms with Gasteiger partial charge in [-0.3, -0.25) is 0 Å². The fourth-order valence-electron chi connectivity index (χ4n) is 2.13. The van der Waals surface area contributed by atoms with Crippen LogP contribution in [0.5, 0.6) is 0 Å². The molecule has 1 atom stereocenters. The molecule has 7 nitrogen and oxygen atoms in total. The van der Waals surface area contributed by atoms with Crippen molar-refractivity contribution in [3.8, 4) is 0 Å². The molecular formula is C13H16N2O5S. The van der Waals surface area contributed by atoms with Gasteiger partial charge < -0.3 is 15.4 Å². The SMILES string of the molecule is COC(=O)c1ccccc1NC(=O)NC1CCS(=O)(=O)C1. The molecular weight excluding hydrogens is 296 g/mol. The first-order chi connectivity index (χ1) is 9.91. The molecule has 1 saturated heterocycles. The molecule has 0 aliphatic carbocycles. The normalized spacial score (nSPS) is 19.8. The number of anilines is 1. The second-order valence-corrected chi connectivity index (χ2v) is 6.96. The van der Waals surface area contributed by atoms with Crippen molar-refractivity contribution >= 4 is 27.5 Å². The van der Waals surface area contributed by atoms with Gasteiger partial charge in [0.1, 0.15) is 0 Å². The van der Waals surface area contributed by atoms with Crippen LogP contribution < -0.4 is 10.6 Å². The summed E-state index contributed by atoms with van der Waals surface area (Å²) in [5.41, 5.74) is 0.539. The number of sulfone groups is 1. The Morgan fingerprint density at radius 2 is 2.00 bits per heavy atom. The summed E-state index contributed by atoms with van der Waals surface area (Å²) in [4.78, 5) is 23.4. The number of esters is 1. The molecule has 0 spiro atoms. The zero-order valence-electron chi connectivity index (χ0n) is 11.5.